The normalized spacial score (nSPS) is 11.5. The van der Waals surface area contributed by atoms with Crippen LogP contribution in [0.25, 0.3) is 16.8 Å². The van der Waals surface area contributed by atoms with E-state index in [9.17, 15) is 22.8 Å². The van der Waals surface area contributed by atoms with Gasteiger partial charge in [0, 0.05) is 17.3 Å². The quantitative estimate of drug-likeness (QED) is 0.296. The molecule has 0 aliphatic rings. The molecule has 0 saturated heterocycles. The molecule has 14 heteroatoms. The van der Waals surface area contributed by atoms with Crippen LogP contribution in [0.1, 0.15) is 38.0 Å². The largest absolute Gasteiger partial charge is 0.447 e. The molecule has 2 amide bonds. The van der Waals surface area contributed by atoms with Crippen LogP contribution in [0.3, 0.4) is 0 Å². The van der Waals surface area contributed by atoms with E-state index in [2.05, 4.69) is 30.6 Å². The molecule has 0 atom stereocenters. The third-order valence-electron chi connectivity index (χ3n) is 5.74. The summed E-state index contributed by atoms with van der Waals surface area (Å²) in [5, 5.41) is 5.09. The number of halogens is 3. The Morgan fingerprint density at radius 1 is 1.08 bits per heavy atom. The zero-order valence-electron chi connectivity index (χ0n) is 20.2. The van der Waals surface area contributed by atoms with Crippen molar-refractivity contribution < 1.29 is 27.2 Å². The molecule has 198 valence electrons. The van der Waals surface area contributed by atoms with Crippen molar-refractivity contribution in [2.75, 3.05) is 11.1 Å². The number of rotatable bonds is 6. The molecule has 4 N–H and O–H groups in total. The third kappa shape index (κ3) is 5.12. The summed E-state index contributed by atoms with van der Waals surface area (Å²) in [7, 11) is 0. The lowest BCUT2D eigenvalue weighted by Crippen LogP contribution is -2.25. The number of carbonyl (C=O) groups is 2. The van der Waals surface area contributed by atoms with Crippen molar-refractivity contribution in [3.8, 4) is 11.3 Å². The van der Waals surface area contributed by atoms with Crippen LogP contribution in [0.15, 0.2) is 65.8 Å². The van der Waals surface area contributed by atoms with Crippen LogP contribution in [0.2, 0.25) is 0 Å². The highest BCUT2D eigenvalue weighted by Crippen LogP contribution is 2.31. The molecule has 0 radical (unpaired) electrons. The highest BCUT2D eigenvalue weighted by Gasteiger charge is 2.31. The number of aryl methyl sites for hydroxylation is 1. The Bertz CT molecular complexity index is 1680. The number of hydrogen-bond donors (Lipinski definition) is 3. The van der Waals surface area contributed by atoms with E-state index < -0.39 is 23.6 Å². The number of hydrogen-bond acceptors (Lipinski definition) is 8. The molecule has 5 rings (SSSR count). The Morgan fingerprint density at radius 3 is 2.54 bits per heavy atom. The summed E-state index contributed by atoms with van der Waals surface area (Å²) in [6.07, 6.45) is 0.482. The van der Waals surface area contributed by atoms with Gasteiger partial charge in [0.05, 0.1) is 24.5 Å². The van der Waals surface area contributed by atoms with Gasteiger partial charge in [0.2, 0.25) is 0 Å². The lowest BCUT2D eigenvalue weighted by molar-refractivity contribution is -0.137. The van der Waals surface area contributed by atoms with E-state index in [1.165, 1.54) is 30.9 Å². The average molecular weight is 536 g/mol. The summed E-state index contributed by atoms with van der Waals surface area (Å²) in [6.45, 7) is 1.82. The minimum Gasteiger partial charge on any atom is -0.447 e. The van der Waals surface area contributed by atoms with Crippen molar-refractivity contribution in [2.45, 2.75) is 19.6 Å². The molecule has 0 spiro atoms. The maximum Gasteiger partial charge on any atom is 0.416 e. The molecule has 1 aromatic carbocycles. The predicted molar refractivity (Wildman–Crippen MR) is 132 cm³/mol. The van der Waals surface area contributed by atoms with Crippen LogP contribution in [-0.2, 0) is 12.7 Å². The smallest absolute Gasteiger partial charge is 0.416 e. The van der Waals surface area contributed by atoms with Crippen molar-refractivity contribution in [3.05, 3.63) is 89.8 Å². The van der Waals surface area contributed by atoms with E-state index in [-0.39, 0.29) is 29.4 Å². The second-order valence-corrected chi connectivity index (χ2v) is 8.33. The molecule has 0 aliphatic carbocycles. The number of fused-ring (bicyclic) bond motifs is 1. The summed E-state index contributed by atoms with van der Waals surface area (Å²) in [6, 6.07) is 7.74. The summed E-state index contributed by atoms with van der Waals surface area (Å²) < 4.78 is 45.6. The zero-order chi connectivity index (χ0) is 27.7. The first kappa shape index (κ1) is 25.4. The number of nitrogen functional groups attached to an aromatic ring is 1. The van der Waals surface area contributed by atoms with Crippen LogP contribution in [0, 0.1) is 6.92 Å². The lowest BCUT2D eigenvalue weighted by Gasteiger charge is -2.10. The maximum absolute atomic E-state index is 13.0. The fourth-order valence-corrected chi connectivity index (χ4v) is 3.90. The average Bonchev–Trinajstić information content (AvgIpc) is 3.56. The number of nitrogens with one attached hydrogen (secondary N) is 2. The minimum absolute atomic E-state index is 0.116. The molecule has 0 unspecified atom stereocenters. The molecule has 4 heterocycles. The summed E-state index contributed by atoms with van der Waals surface area (Å²) in [4.78, 5) is 41.8. The SMILES string of the molecule is Cc1nc(-c2ccc(C(=O)Nc3cc(C(F)(F)F)ccn3)cc2)c2c(N)ncc(C(=O)NCc3cnco3)n12. The summed E-state index contributed by atoms with van der Waals surface area (Å²) in [5.74, 6) is -0.245. The molecule has 0 fully saturated rings. The number of oxazole rings is 1. The minimum atomic E-state index is -4.57. The number of carbonyl (C=O) groups excluding carboxylic acids is 2. The fraction of sp³-hybridized carbons (Fsp3) is 0.120. The van der Waals surface area contributed by atoms with Crippen LogP contribution >= 0.6 is 0 Å². The topological polar surface area (TPSA) is 153 Å². The van der Waals surface area contributed by atoms with E-state index in [1.54, 1.807) is 23.5 Å². The zero-order valence-corrected chi connectivity index (χ0v) is 20.2. The molecule has 11 nitrogen and oxygen atoms in total. The number of amides is 2. The second kappa shape index (κ2) is 9.89. The molecule has 0 bridgehead atoms. The molecule has 0 aliphatic heterocycles. The van der Waals surface area contributed by atoms with E-state index in [1.807, 2.05) is 0 Å². The predicted octanol–water partition coefficient (Wildman–Crippen LogP) is 3.87. The van der Waals surface area contributed by atoms with E-state index >= 15 is 0 Å². The molecule has 0 saturated carbocycles. The van der Waals surface area contributed by atoms with Gasteiger partial charge in [-0.2, -0.15) is 13.2 Å². The second-order valence-electron chi connectivity index (χ2n) is 8.33. The lowest BCUT2D eigenvalue weighted by atomic mass is 10.1. The van der Waals surface area contributed by atoms with E-state index in [4.69, 9.17) is 10.2 Å². The van der Waals surface area contributed by atoms with Crippen molar-refractivity contribution >= 4 is 29.0 Å². The third-order valence-corrected chi connectivity index (χ3v) is 5.74. The number of aromatic nitrogens is 5. The number of nitrogens with two attached hydrogens (primary N) is 1. The molecular formula is C25H19F3N8O3. The molecule has 5 aromatic rings. The van der Waals surface area contributed by atoms with E-state index in [0.717, 1.165) is 18.3 Å². The van der Waals surface area contributed by atoms with Crippen LogP contribution in [0.4, 0.5) is 24.8 Å². The van der Waals surface area contributed by atoms with E-state index in [0.29, 0.717) is 28.4 Å². The first-order chi connectivity index (χ1) is 18.6. The van der Waals surface area contributed by atoms with Gasteiger partial charge in [-0.25, -0.2) is 19.9 Å². The Morgan fingerprint density at radius 2 is 1.85 bits per heavy atom. The summed E-state index contributed by atoms with van der Waals surface area (Å²) >= 11 is 0. The van der Waals surface area contributed by atoms with Gasteiger partial charge in [-0.1, -0.05) is 12.1 Å². The Kier molecular flexibility index (Phi) is 6.44. The maximum atomic E-state index is 13.0. The van der Waals surface area contributed by atoms with Gasteiger partial charge in [0.15, 0.2) is 6.39 Å². The van der Waals surface area contributed by atoms with Gasteiger partial charge in [0.25, 0.3) is 11.8 Å². The van der Waals surface area contributed by atoms with Gasteiger partial charge in [-0.3, -0.25) is 14.0 Å². The van der Waals surface area contributed by atoms with Gasteiger partial charge < -0.3 is 20.8 Å². The standard InChI is InChI=1S/C25H19F3N8O3/c1-13-34-20(21-22(29)32-11-18(36(13)21)24(38)33-10-17-9-30-12-39-17)14-2-4-15(5-3-14)23(37)35-19-8-16(6-7-31-19)25(26,27)28/h2-9,11-12H,10H2,1H3,(H2,29,32)(H,33,38)(H,31,35,37). The van der Waals surface area contributed by atoms with Gasteiger partial charge in [0.1, 0.15) is 40.1 Å². The van der Waals surface area contributed by atoms with Crippen molar-refractivity contribution in [2.24, 2.45) is 0 Å². The fourth-order valence-electron chi connectivity index (χ4n) is 3.90. The highest BCUT2D eigenvalue weighted by atomic mass is 19.4. The van der Waals surface area contributed by atoms with Crippen molar-refractivity contribution in [1.82, 2.24) is 29.7 Å². The molecular weight excluding hydrogens is 517 g/mol. The van der Waals surface area contributed by atoms with Gasteiger partial charge >= 0.3 is 6.18 Å². The van der Waals surface area contributed by atoms with Gasteiger partial charge in [-0.05, 0) is 31.2 Å². The Labute approximate surface area is 217 Å². The van der Waals surface area contributed by atoms with Crippen LogP contribution in [-0.4, -0.2) is 36.2 Å². The van der Waals surface area contributed by atoms with Crippen molar-refractivity contribution in [3.63, 3.8) is 0 Å². The molecule has 39 heavy (non-hydrogen) atoms. The van der Waals surface area contributed by atoms with Crippen LogP contribution in [0.5, 0.6) is 0 Å². The number of imidazole rings is 1. The highest BCUT2D eigenvalue weighted by molar-refractivity contribution is 6.04. The first-order valence-electron chi connectivity index (χ1n) is 11.4. The Hall–Kier alpha value is -5.27. The monoisotopic (exact) mass is 536 g/mol. The Balaban J connectivity index is 1.40. The summed E-state index contributed by atoms with van der Waals surface area (Å²) in [5.41, 5.74) is 6.99. The number of alkyl halides is 3. The number of pyridine rings is 1. The molecule has 4 aromatic heterocycles. The first-order valence-corrected chi connectivity index (χ1v) is 11.4. The number of anilines is 2. The van der Waals surface area contributed by atoms with Crippen LogP contribution < -0.4 is 16.4 Å². The number of nitrogens with zero attached hydrogens (tertiary/aromatic N) is 5. The number of benzene rings is 1. The van der Waals surface area contributed by atoms with Gasteiger partial charge in [-0.15, -0.1) is 0 Å². The van der Waals surface area contributed by atoms with Crippen molar-refractivity contribution in [1.29, 1.82) is 0 Å².